The molecule has 0 atom stereocenters. The first kappa shape index (κ1) is 10.3. The monoisotopic (exact) mass is 266 g/mol. The summed E-state index contributed by atoms with van der Waals surface area (Å²) in [6.07, 6.45) is 1.68. The van der Waals surface area contributed by atoms with Crippen LogP contribution in [0.2, 0.25) is 0 Å². The van der Waals surface area contributed by atoms with Crippen molar-refractivity contribution in [3.8, 4) is 5.69 Å². The molecule has 2 aromatic rings. The summed E-state index contributed by atoms with van der Waals surface area (Å²) in [4.78, 5) is 0. The van der Waals surface area contributed by atoms with E-state index >= 15 is 0 Å². The third kappa shape index (κ3) is 1.93. The predicted octanol–water partition coefficient (Wildman–Crippen LogP) is 1.80. The second-order valence-corrected chi connectivity index (χ2v) is 4.13. The SMILES string of the molecule is Cc1cc(-n2nncc2CN)ccc1Br. The van der Waals surface area contributed by atoms with Gasteiger partial charge < -0.3 is 5.73 Å². The number of nitrogens with two attached hydrogens (primary N) is 1. The lowest BCUT2D eigenvalue weighted by atomic mass is 10.2. The summed E-state index contributed by atoms with van der Waals surface area (Å²) in [5, 5.41) is 7.84. The molecule has 1 heterocycles. The van der Waals surface area contributed by atoms with Gasteiger partial charge in [0.1, 0.15) is 0 Å². The van der Waals surface area contributed by atoms with E-state index in [1.165, 1.54) is 0 Å². The van der Waals surface area contributed by atoms with Crippen molar-refractivity contribution >= 4 is 15.9 Å². The normalized spacial score (nSPS) is 10.6. The molecule has 1 aromatic heterocycles. The van der Waals surface area contributed by atoms with Crippen molar-refractivity contribution in [3.05, 3.63) is 40.1 Å². The van der Waals surface area contributed by atoms with Crippen LogP contribution in [0.1, 0.15) is 11.3 Å². The summed E-state index contributed by atoms with van der Waals surface area (Å²) in [6.45, 7) is 2.47. The highest BCUT2D eigenvalue weighted by atomic mass is 79.9. The lowest BCUT2D eigenvalue weighted by Crippen LogP contribution is -2.06. The van der Waals surface area contributed by atoms with E-state index in [1.807, 2.05) is 25.1 Å². The highest BCUT2D eigenvalue weighted by molar-refractivity contribution is 9.10. The number of hydrogen-bond donors (Lipinski definition) is 1. The van der Waals surface area contributed by atoms with E-state index in [9.17, 15) is 0 Å². The van der Waals surface area contributed by atoms with Crippen LogP contribution < -0.4 is 5.73 Å². The van der Waals surface area contributed by atoms with Gasteiger partial charge in [-0.3, -0.25) is 0 Å². The van der Waals surface area contributed by atoms with E-state index in [4.69, 9.17) is 5.73 Å². The Hall–Kier alpha value is -1.20. The molecule has 5 heteroatoms. The van der Waals surface area contributed by atoms with E-state index < -0.39 is 0 Å². The molecule has 0 radical (unpaired) electrons. The summed E-state index contributed by atoms with van der Waals surface area (Å²) in [5.74, 6) is 0. The van der Waals surface area contributed by atoms with Gasteiger partial charge in [0.25, 0.3) is 0 Å². The quantitative estimate of drug-likeness (QED) is 0.902. The molecule has 15 heavy (non-hydrogen) atoms. The Labute approximate surface area is 96.2 Å². The third-order valence-corrected chi connectivity index (χ3v) is 3.10. The predicted molar refractivity (Wildman–Crippen MR) is 61.7 cm³/mol. The molecule has 0 aliphatic carbocycles. The van der Waals surface area contributed by atoms with E-state index in [2.05, 4.69) is 26.2 Å². The molecule has 0 aliphatic heterocycles. The number of hydrogen-bond acceptors (Lipinski definition) is 3. The minimum Gasteiger partial charge on any atom is -0.325 e. The van der Waals surface area contributed by atoms with Gasteiger partial charge in [-0.15, -0.1) is 5.10 Å². The summed E-state index contributed by atoms with van der Waals surface area (Å²) in [5.41, 5.74) is 8.63. The van der Waals surface area contributed by atoms with Gasteiger partial charge in [0, 0.05) is 11.0 Å². The fourth-order valence-corrected chi connectivity index (χ4v) is 1.62. The van der Waals surface area contributed by atoms with Crippen LogP contribution in [0.25, 0.3) is 5.69 Å². The second kappa shape index (κ2) is 4.12. The molecule has 0 unspecified atom stereocenters. The van der Waals surface area contributed by atoms with Crippen molar-refractivity contribution in [2.75, 3.05) is 0 Å². The van der Waals surface area contributed by atoms with E-state index in [0.29, 0.717) is 6.54 Å². The zero-order valence-electron chi connectivity index (χ0n) is 8.31. The minimum absolute atomic E-state index is 0.433. The van der Waals surface area contributed by atoms with E-state index in [1.54, 1.807) is 10.9 Å². The number of aryl methyl sites for hydroxylation is 1. The Morgan fingerprint density at radius 2 is 2.27 bits per heavy atom. The minimum atomic E-state index is 0.433. The summed E-state index contributed by atoms with van der Waals surface area (Å²) in [7, 11) is 0. The van der Waals surface area contributed by atoms with Gasteiger partial charge >= 0.3 is 0 Å². The molecule has 0 fully saturated rings. The van der Waals surface area contributed by atoms with Crippen LogP contribution in [0.4, 0.5) is 0 Å². The Kier molecular flexibility index (Phi) is 2.83. The fourth-order valence-electron chi connectivity index (χ4n) is 1.37. The van der Waals surface area contributed by atoms with Crippen molar-refractivity contribution in [2.24, 2.45) is 5.73 Å². The second-order valence-electron chi connectivity index (χ2n) is 3.27. The first-order valence-corrected chi connectivity index (χ1v) is 5.38. The molecule has 1 aromatic carbocycles. The topological polar surface area (TPSA) is 56.7 Å². The summed E-state index contributed by atoms with van der Waals surface area (Å²) < 4.78 is 2.83. The van der Waals surface area contributed by atoms with Crippen LogP contribution >= 0.6 is 15.9 Å². The van der Waals surface area contributed by atoms with Gasteiger partial charge in [-0.25, -0.2) is 4.68 Å². The van der Waals surface area contributed by atoms with Crippen LogP contribution in [0, 0.1) is 6.92 Å². The lowest BCUT2D eigenvalue weighted by Gasteiger charge is -2.06. The molecule has 78 valence electrons. The van der Waals surface area contributed by atoms with Crippen LogP contribution in [-0.4, -0.2) is 15.0 Å². The Bertz CT molecular complexity index is 478. The average Bonchev–Trinajstić information content (AvgIpc) is 2.70. The number of aromatic nitrogens is 3. The van der Waals surface area contributed by atoms with Gasteiger partial charge in [-0.1, -0.05) is 21.1 Å². The smallest absolute Gasteiger partial charge is 0.0781 e. The lowest BCUT2D eigenvalue weighted by molar-refractivity contribution is 0.761. The summed E-state index contributed by atoms with van der Waals surface area (Å²) in [6, 6.07) is 6.01. The van der Waals surface area contributed by atoms with Gasteiger partial charge in [0.2, 0.25) is 0 Å². The van der Waals surface area contributed by atoms with Crippen molar-refractivity contribution in [1.29, 1.82) is 0 Å². The van der Waals surface area contributed by atoms with Crippen LogP contribution in [-0.2, 0) is 6.54 Å². The largest absolute Gasteiger partial charge is 0.325 e. The number of rotatable bonds is 2. The van der Waals surface area contributed by atoms with Crippen molar-refractivity contribution < 1.29 is 0 Å². The average molecular weight is 267 g/mol. The molecular weight excluding hydrogens is 256 g/mol. The van der Waals surface area contributed by atoms with Crippen molar-refractivity contribution in [2.45, 2.75) is 13.5 Å². The van der Waals surface area contributed by atoms with Crippen molar-refractivity contribution in [1.82, 2.24) is 15.0 Å². The highest BCUT2D eigenvalue weighted by Crippen LogP contribution is 2.19. The maximum atomic E-state index is 5.59. The number of halogens is 1. The van der Waals surface area contributed by atoms with E-state index in [-0.39, 0.29) is 0 Å². The maximum absolute atomic E-state index is 5.59. The molecule has 0 saturated heterocycles. The molecule has 0 bridgehead atoms. The Morgan fingerprint density at radius 1 is 1.47 bits per heavy atom. The molecule has 0 aliphatic rings. The molecule has 0 amide bonds. The van der Waals surface area contributed by atoms with Gasteiger partial charge in [-0.2, -0.15) is 0 Å². The summed E-state index contributed by atoms with van der Waals surface area (Å²) >= 11 is 3.46. The Balaban J connectivity index is 2.50. The Morgan fingerprint density at radius 3 is 2.93 bits per heavy atom. The number of nitrogens with zero attached hydrogens (tertiary/aromatic N) is 3. The van der Waals surface area contributed by atoms with E-state index in [0.717, 1.165) is 21.4 Å². The van der Waals surface area contributed by atoms with Gasteiger partial charge in [0.15, 0.2) is 0 Å². The number of benzene rings is 1. The van der Waals surface area contributed by atoms with Crippen LogP contribution in [0.3, 0.4) is 0 Å². The molecular formula is C10H11BrN4. The first-order valence-electron chi connectivity index (χ1n) is 4.58. The molecule has 0 saturated carbocycles. The molecule has 2 rings (SSSR count). The fraction of sp³-hybridized carbons (Fsp3) is 0.200. The van der Waals surface area contributed by atoms with Crippen LogP contribution in [0.5, 0.6) is 0 Å². The highest BCUT2D eigenvalue weighted by Gasteiger charge is 2.05. The first-order chi connectivity index (χ1) is 7.22. The van der Waals surface area contributed by atoms with Gasteiger partial charge in [-0.05, 0) is 30.7 Å². The van der Waals surface area contributed by atoms with Crippen LogP contribution in [0.15, 0.2) is 28.9 Å². The molecule has 4 nitrogen and oxygen atoms in total. The van der Waals surface area contributed by atoms with Crippen molar-refractivity contribution in [3.63, 3.8) is 0 Å². The zero-order chi connectivity index (χ0) is 10.8. The molecule has 2 N–H and O–H groups in total. The van der Waals surface area contributed by atoms with Gasteiger partial charge in [0.05, 0.1) is 17.6 Å². The standard InChI is InChI=1S/C10H11BrN4/c1-7-4-8(2-3-10(7)11)15-9(5-12)6-13-14-15/h2-4,6H,5,12H2,1H3. The maximum Gasteiger partial charge on any atom is 0.0781 e. The third-order valence-electron chi connectivity index (χ3n) is 2.22. The molecule has 0 spiro atoms. The zero-order valence-corrected chi connectivity index (χ0v) is 9.90.